The Morgan fingerprint density at radius 3 is 2.81 bits per heavy atom. The summed E-state index contributed by atoms with van der Waals surface area (Å²) >= 11 is 1.65. The Kier molecular flexibility index (Phi) is 5.76. The van der Waals surface area contributed by atoms with Crippen LogP contribution in [0.15, 0.2) is 23.1 Å². The molecule has 0 radical (unpaired) electrons. The largest absolute Gasteiger partial charge is 0.490 e. The minimum atomic E-state index is 0.464. The van der Waals surface area contributed by atoms with Gasteiger partial charge in [-0.05, 0) is 17.9 Å². The second-order valence-electron chi connectivity index (χ2n) is 3.02. The number of ether oxygens (including phenoxy) is 2. The Balaban J connectivity index is 2.83. The first kappa shape index (κ1) is 12.9. The number of thioether (sulfide) groups is 1. The first-order chi connectivity index (χ1) is 7.83. The van der Waals surface area contributed by atoms with E-state index >= 15 is 0 Å². The molecule has 1 aromatic rings. The van der Waals surface area contributed by atoms with Crippen LogP contribution in [0.3, 0.4) is 0 Å². The summed E-state index contributed by atoms with van der Waals surface area (Å²) in [5.74, 6) is 1.58. The lowest BCUT2D eigenvalue weighted by molar-refractivity contribution is 0.146. The van der Waals surface area contributed by atoms with Gasteiger partial charge < -0.3 is 9.47 Å². The van der Waals surface area contributed by atoms with Crippen LogP contribution >= 0.6 is 11.8 Å². The van der Waals surface area contributed by atoms with Crippen LogP contribution in [0.1, 0.15) is 12.5 Å². The predicted octanol–water partition coefficient (Wildman–Crippen LogP) is 2.70. The molecule has 0 N–H and O–H groups in total. The molecule has 0 aliphatic rings. The fourth-order valence-electron chi connectivity index (χ4n) is 1.25. The van der Waals surface area contributed by atoms with Crippen molar-refractivity contribution in [2.45, 2.75) is 11.8 Å². The lowest BCUT2D eigenvalue weighted by Crippen LogP contribution is -2.05. The number of rotatable bonds is 6. The molecule has 0 fully saturated rings. The number of nitrogens with zero attached hydrogens (tertiary/aromatic N) is 1. The zero-order chi connectivity index (χ0) is 11.8. The summed E-state index contributed by atoms with van der Waals surface area (Å²) in [6.45, 7) is 3.05. The van der Waals surface area contributed by atoms with Gasteiger partial charge in [-0.15, -0.1) is 11.8 Å². The van der Waals surface area contributed by atoms with E-state index in [1.54, 1.807) is 18.9 Å². The van der Waals surface area contributed by atoms with Crippen LogP contribution in [0.4, 0.5) is 0 Å². The van der Waals surface area contributed by atoms with Crippen LogP contribution in [0.5, 0.6) is 5.75 Å². The number of hydrogen-bond acceptors (Lipinski definition) is 4. The molecule has 86 valence electrons. The number of benzene rings is 1. The van der Waals surface area contributed by atoms with Crippen molar-refractivity contribution in [2.24, 2.45) is 0 Å². The summed E-state index contributed by atoms with van der Waals surface area (Å²) in [5.41, 5.74) is 0.616. The zero-order valence-corrected chi connectivity index (χ0v) is 10.3. The van der Waals surface area contributed by atoms with Gasteiger partial charge in [0.15, 0.2) is 0 Å². The van der Waals surface area contributed by atoms with E-state index in [9.17, 15) is 0 Å². The molecule has 1 aromatic carbocycles. The maximum atomic E-state index is 9.11. The van der Waals surface area contributed by atoms with Crippen molar-refractivity contribution in [1.82, 2.24) is 0 Å². The van der Waals surface area contributed by atoms with Crippen LogP contribution in [0.2, 0.25) is 0 Å². The third-order valence-electron chi connectivity index (χ3n) is 1.94. The second-order valence-corrected chi connectivity index (χ2v) is 4.32. The van der Waals surface area contributed by atoms with Crippen LogP contribution in [-0.4, -0.2) is 26.1 Å². The van der Waals surface area contributed by atoms with E-state index in [2.05, 4.69) is 13.0 Å². The fraction of sp³-hybridized carbons (Fsp3) is 0.417. The molecular formula is C12H15NO2S. The molecule has 0 aliphatic heterocycles. The lowest BCUT2D eigenvalue weighted by atomic mass is 10.2. The van der Waals surface area contributed by atoms with Gasteiger partial charge in [-0.1, -0.05) is 13.0 Å². The predicted molar refractivity (Wildman–Crippen MR) is 64.9 cm³/mol. The highest BCUT2D eigenvalue weighted by Crippen LogP contribution is 2.29. The van der Waals surface area contributed by atoms with Crippen LogP contribution in [0, 0.1) is 11.3 Å². The summed E-state index contributed by atoms with van der Waals surface area (Å²) in [5, 5.41) is 9.11. The van der Waals surface area contributed by atoms with Gasteiger partial charge in [-0.2, -0.15) is 5.26 Å². The van der Waals surface area contributed by atoms with Gasteiger partial charge in [0.2, 0.25) is 0 Å². The maximum absolute atomic E-state index is 9.11. The first-order valence-electron chi connectivity index (χ1n) is 5.11. The van der Waals surface area contributed by atoms with Gasteiger partial charge >= 0.3 is 0 Å². The summed E-state index contributed by atoms with van der Waals surface area (Å²) < 4.78 is 10.4. The Bertz CT molecular complexity index is 374. The highest BCUT2D eigenvalue weighted by molar-refractivity contribution is 7.99. The zero-order valence-electron chi connectivity index (χ0n) is 9.53. The van der Waals surface area contributed by atoms with Gasteiger partial charge in [0.25, 0.3) is 0 Å². The standard InChI is InChI=1S/C12H15NO2S/c1-3-16-12-6-4-5-11(10(12)9-13)15-8-7-14-2/h4-6H,3,7-8H2,1-2H3. The molecule has 0 heterocycles. The topological polar surface area (TPSA) is 42.2 Å². The second kappa shape index (κ2) is 7.15. The molecule has 0 aliphatic carbocycles. The Morgan fingerprint density at radius 2 is 2.19 bits per heavy atom. The minimum Gasteiger partial charge on any atom is -0.490 e. The summed E-state index contributed by atoms with van der Waals surface area (Å²) in [6, 6.07) is 7.85. The molecule has 0 saturated carbocycles. The monoisotopic (exact) mass is 237 g/mol. The molecule has 0 amide bonds. The van der Waals surface area contributed by atoms with E-state index in [4.69, 9.17) is 14.7 Å². The van der Waals surface area contributed by atoms with Gasteiger partial charge in [0.1, 0.15) is 24.0 Å². The van der Waals surface area contributed by atoms with Crippen LogP contribution < -0.4 is 4.74 Å². The van der Waals surface area contributed by atoms with Gasteiger partial charge in [0.05, 0.1) is 6.61 Å². The molecule has 1 rings (SSSR count). The maximum Gasteiger partial charge on any atom is 0.138 e. The third-order valence-corrected chi connectivity index (χ3v) is 2.88. The molecule has 3 nitrogen and oxygen atoms in total. The Morgan fingerprint density at radius 1 is 1.38 bits per heavy atom. The molecule has 0 saturated heterocycles. The summed E-state index contributed by atoms with van der Waals surface area (Å²) in [6.07, 6.45) is 0. The van der Waals surface area contributed by atoms with Crippen LogP contribution in [0.25, 0.3) is 0 Å². The molecule has 0 atom stereocenters. The molecular weight excluding hydrogens is 222 g/mol. The van der Waals surface area contributed by atoms with Crippen molar-refractivity contribution in [3.05, 3.63) is 23.8 Å². The van der Waals surface area contributed by atoms with Crippen molar-refractivity contribution >= 4 is 11.8 Å². The van der Waals surface area contributed by atoms with Crippen molar-refractivity contribution in [1.29, 1.82) is 5.26 Å². The summed E-state index contributed by atoms with van der Waals surface area (Å²) in [7, 11) is 1.62. The van der Waals surface area contributed by atoms with Crippen molar-refractivity contribution < 1.29 is 9.47 Å². The van der Waals surface area contributed by atoms with Crippen molar-refractivity contribution in [3.63, 3.8) is 0 Å². The molecule has 4 heteroatoms. The molecule has 0 bridgehead atoms. The van der Waals surface area contributed by atoms with Crippen LogP contribution in [-0.2, 0) is 4.74 Å². The SMILES string of the molecule is CCSc1cccc(OCCOC)c1C#N. The smallest absolute Gasteiger partial charge is 0.138 e. The average Bonchev–Trinajstić information content (AvgIpc) is 2.30. The van der Waals surface area contributed by atoms with E-state index in [-0.39, 0.29) is 0 Å². The van der Waals surface area contributed by atoms with E-state index in [1.165, 1.54) is 0 Å². The highest BCUT2D eigenvalue weighted by atomic mass is 32.2. The van der Waals surface area contributed by atoms with E-state index in [0.717, 1.165) is 10.6 Å². The fourth-order valence-corrected chi connectivity index (χ4v) is 2.03. The third kappa shape index (κ3) is 3.44. The van der Waals surface area contributed by atoms with Gasteiger partial charge in [0, 0.05) is 12.0 Å². The first-order valence-corrected chi connectivity index (χ1v) is 6.09. The Hall–Kier alpha value is -1.18. The van der Waals surface area contributed by atoms with E-state index in [0.29, 0.717) is 24.5 Å². The Labute approximate surface area is 100 Å². The molecule has 0 aromatic heterocycles. The average molecular weight is 237 g/mol. The van der Waals surface area contributed by atoms with Crippen molar-refractivity contribution in [2.75, 3.05) is 26.1 Å². The minimum absolute atomic E-state index is 0.464. The van der Waals surface area contributed by atoms with Gasteiger partial charge in [-0.25, -0.2) is 0 Å². The van der Waals surface area contributed by atoms with E-state index < -0.39 is 0 Å². The molecule has 16 heavy (non-hydrogen) atoms. The highest BCUT2D eigenvalue weighted by Gasteiger charge is 2.08. The number of methoxy groups -OCH3 is 1. The number of hydrogen-bond donors (Lipinski definition) is 0. The number of nitriles is 1. The molecule has 0 unspecified atom stereocenters. The molecule has 0 spiro atoms. The van der Waals surface area contributed by atoms with E-state index in [1.807, 2.05) is 18.2 Å². The lowest BCUT2D eigenvalue weighted by Gasteiger charge is -2.09. The van der Waals surface area contributed by atoms with Gasteiger partial charge in [-0.3, -0.25) is 0 Å². The summed E-state index contributed by atoms with van der Waals surface area (Å²) in [4.78, 5) is 0.972. The normalized spacial score (nSPS) is 9.81. The van der Waals surface area contributed by atoms with Crippen molar-refractivity contribution in [3.8, 4) is 11.8 Å². The quantitative estimate of drug-likeness (QED) is 0.563.